The third-order valence-corrected chi connectivity index (χ3v) is 8.25. The van der Waals surface area contributed by atoms with Crippen LogP contribution in [0, 0.1) is 27.7 Å². The van der Waals surface area contributed by atoms with E-state index in [1.807, 2.05) is 30.9 Å². The molecule has 2 amide bonds. The Morgan fingerprint density at radius 1 is 1.03 bits per heavy atom. The lowest BCUT2D eigenvalue weighted by molar-refractivity contribution is -0.157. The number of benzene rings is 2. The molecule has 0 aliphatic carbocycles. The van der Waals surface area contributed by atoms with Gasteiger partial charge in [-0.25, -0.2) is 0 Å². The second kappa shape index (κ2) is 12.7. The minimum atomic E-state index is -0.774. The fraction of sp³-hybridized carbons (Fsp3) is 0.548. The zero-order valence-electron chi connectivity index (χ0n) is 23.9. The molecule has 2 saturated heterocycles. The van der Waals surface area contributed by atoms with Gasteiger partial charge in [-0.3, -0.25) is 14.5 Å². The van der Waals surface area contributed by atoms with E-state index >= 15 is 0 Å². The van der Waals surface area contributed by atoms with Gasteiger partial charge in [0, 0.05) is 50.7 Å². The number of carbonyl (C=O) groups is 2. The van der Waals surface area contributed by atoms with Gasteiger partial charge in [0.05, 0.1) is 13.0 Å². The zero-order chi connectivity index (χ0) is 28.2. The molecule has 0 saturated carbocycles. The van der Waals surface area contributed by atoms with E-state index < -0.39 is 5.60 Å². The highest BCUT2D eigenvalue weighted by Crippen LogP contribution is 2.30. The van der Waals surface area contributed by atoms with Crippen LogP contribution in [0.25, 0.3) is 0 Å². The average Bonchev–Trinajstić information content (AvgIpc) is 2.85. The summed E-state index contributed by atoms with van der Waals surface area (Å²) in [4.78, 5) is 29.3. The van der Waals surface area contributed by atoms with E-state index in [1.54, 1.807) is 0 Å². The van der Waals surface area contributed by atoms with Crippen LogP contribution in [0.5, 0.6) is 5.75 Å². The molecule has 2 heterocycles. The highest BCUT2D eigenvalue weighted by atomic mass is 35.5. The summed E-state index contributed by atoms with van der Waals surface area (Å²) >= 11 is 6.38. The number of amides is 2. The zero-order valence-corrected chi connectivity index (χ0v) is 24.7. The van der Waals surface area contributed by atoms with Crippen molar-refractivity contribution in [3.63, 3.8) is 0 Å². The number of halogens is 1. The summed E-state index contributed by atoms with van der Waals surface area (Å²) < 4.78 is 12.7. The maximum atomic E-state index is 13.6. The molecule has 0 spiro atoms. The number of hydrogen-bond donors (Lipinski definition) is 1. The van der Waals surface area contributed by atoms with Crippen molar-refractivity contribution in [1.82, 2.24) is 15.1 Å². The fourth-order valence-electron chi connectivity index (χ4n) is 5.87. The van der Waals surface area contributed by atoms with Crippen molar-refractivity contribution in [2.24, 2.45) is 0 Å². The molecular formula is C31H42ClN3O4. The normalized spacial score (nSPS) is 20.6. The van der Waals surface area contributed by atoms with E-state index in [0.717, 1.165) is 47.8 Å². The Kier molecular flexibility index (Phi) is 9.57. The number of ether oxygens (including phenoxy) is 2. The molecule has 2 aliphatic heterocycles. The van der Waals surface area contributed by atoms with Gasteiger partial charge in [0.25, 0.3) is 0 Å². The Hall–Kier alpha value is -2.61. The van der Waals surface area contributed by atoms with Crippen LogP contribution in [-0.4, -0.2) is 72.6 Å². The summed E-state index contributed by atoms with van der Waals surface area (Å²) in [6, 6.07) is 10.6. The van der Waals surface area contributed by atoms with Gasteiger partial charge in [-0.15, -0.1) is 0 Å². The topological polar surface area (TPSA) is 71.1 Å². The number of piperidine rings is 1. The van der Waals surface area contributed by atoms with Gasteiger partial charge in [0.1, 0.15) is 18.0 Å². The van der Waals surface area contributed by atoms with Crippen molar-refractivity contribution in [3.8, 4) is 5.75 Å². The second-order valence-corrected chi connectivity index (χ2v) is 11.8. The van der Waals surface area contributed by atoms with E-state index in [4.69, 9.17) is 21.1 Å². The van der Waals surface area contributed by atoms with Crippen LogP contribution < -0.4 is 10.1 Å². The van der Waals surface area contributed by atoms with Gasteiger partial charge in [0.15, 0.2) is 0 Å². The molecular weight excluding hydrogens is 514 g/mol. The molecule has 2 aromatic rings. The lowest BCUT2D eigenvalue weighted by Gasteiger charge is -2.43. The van der Waals surface area contributed by atoms with Crippen LogP contribution in [0.3, 0.4) is 0 Å². The summed E-state index contributed by atoms with van der Waals surface area (Å²) in [5.41, 5.74) is 4.90. The van der Waals surface area contributed by atoms with E-state index in [1.165, 1.54) is 23.6 Å². The molecule has 0 aromatic heterocycles. The number of carbonyl (C=O) groups excluding carboxylic acids is 2. The SMILES string of the molecule is CC(=O)NC1CCN(C(=O)C[C@]2(COc3cc(C)c(Cl)c(C)c3)CN(Cc3cc(C)cc(C)c3)CCO2)CC1. The van der Waals surface area contributed by atoms with E-state index in [-0.39, 0.29) is 30.9 Å². The molecule has 2 fully saturated rings. The third kappa shape index (κ3) is 7.96. The fourth-order valence-corrected chi connectivity index (χ4v) is 5.98. The molecule has 4 rings (SSSR count). The minimum absolute atomic E-state index is 0.0250. The van der Waals surface area contributed by atoms with Crippen molar-refractivity contribution in [2.75, 3.05) is 39.4 Å². The van der Waals surface area contributed by atoms with Gasteiger partial charge < -0.3 is 19.7 Å². The van der Waals surface area contributed by atoms with E-state index in [0.29, 0.717) is 26.2 Å². The Balaban J connectivity index is 1.50. The van der Waals surface area contributed by atoms with Crippen LogP contribution in [0.4, 0.5) is 0 Å². The first kappa shape index (κ1) is 29.4. The Labute approximate surface area is 237 Å². The quantitative estimate of drug-likeness (QED) is 0.509. The molecule has 2 aliphatic rings. The summed E-state index contributed by atoms with van der Waals surface area (Å²) in [5, 5.41) is 3.72. The number of aryl methyl sites for hydroxylation is 4. The maximum Gasteiger partial charge on any atom is 0.225 e. The van der Waals surface area contributed by atoms with Gasteiger partial charge in [0.2, 0.25) is 11.8 Å². The van der Waals surface area contributed by atoms with Crippen molar-refractivity contribution in [3.05, 3.63) is 63.2 Å². The Bertz CT molecular complexity index is 1150. The molecule has 7 nitrogen and oxygen atoms in total. The molecule has 1 atom stereocenters. The van der Waals surface area contributed by atoms with Gasteiger partial charge in [-0.1, -0.05) is 40.9 Å². The number of morpholine rings is 1. The number of likely N-dealkylation sites (tertiary alicyclic amines) is 1. The Morgan fingerprint density at radius 3 is 2.28 bits per heavy atom. The van der Waals surface area contributed by atoms with Gasteiger partial charge in [-0.05, 0) is 69.4 Å². The standard InChI is InChI=1S/C31H42ClN3O4/c1-21-12-22(2)14-26(13-21)18-34-10-11-39-31(19-34,20-38-28-15-23(3)30(32)24(4)16-28)17-29(37)35-8-6-27(7-9-35)33-25(5)36/h12-16,27H,6-11,17-20H2,1-5H3,(H,33,36)/t31-/m1/s1. The molecule has 0 unspecified atom stereocenters. The first-order valence-electron chi connectivity index (χ1n) is 13.9. The summed E-state index contributed by atoms with van der Waals surface area (Å²) in [5.74, 6) is 0.770. The molecule has 1 N–H and O–H groups in total. The number of hydrogen-bond acceptors (Lipinski definition) is 5. The van der Waals surface area contributed by atoms with Gasteiger partial charge >= 0.3 is 0 Å². The average molecular weight is 556 g/mol. The highest BCUT2D eigenvalue weighted by Gasteiger charge is 2.41. The van der Waals surface area contributed by atoms with Crippen LogP contribution in [0.2, 0.25) is 5.02 Å². The smallest absolute Gasteiger partial charge is 0.225 e. The lowest BCUT2D eigenvalue weighted by Crippen LogP contribution is -2.57. The molecule has 212 valence electrons. The van der Waals surface area contributed by atoms with Crippen molar-refractivity contribution in [2.45, 2.75) is 72.1 Å². The first-order valence-corrected chi connectivity index (χ1v) is 14.3. The largest absolute Gasteiger partial charge is 0.490 e. The van der Waals surface area contributed by atoms with Crippen molar-refractivity contribution in [1.29, 1.82) is 0 Å². The molecule has 8 heteroatoms. The second-order valence-electron chi connectivity index (χ2n) is 11.4. The van der Waals surface area contributed by atoms with Crippen LogP contribution in [-0.2, 0) is 20.9 Å². The summed E-state index contributed by atoms with van der Waals surface area (Å²) in [6.45, 7) is 14.0. The van der Waals surface area contributed by atoms with Crippen LogP contribution >= 0.6 is 11.6 Å². The summed E-state index contributed by atoms with van der Waals surface area (Å²) in [6.07, 6.45) is 1.77. The number of nitrogens with zero attached hydrogens (tertiary/aromatic N) is 2. The molecule has 2 aromatic carbocycles. The number of nitrogens with one attached hydrogen (secondary N) is 1. The van der Waals surface area contributed by atoms with Crippen molar-refractivity contribution >= 4 is 23.4 Å². The van der Waals surface area contributed by atoms with Gasteiger partial charge in [-0.2, -0.15) is 0 Å². The predicted octanol–water partition coefficient (Wildman–Crippen LogP) is 4.74. The maximum absolute atomic E-state index is 13.6. The first-order chi connectivity index (χ1) is 18.5. The third-order valence-electron chi connectivity index (χ3n) is 7.66. The molecule has 0 radical (unpaired) electrons. The number of rotatable bonds is 8. The minimum Gasteiger partial charge on any atom is -0.490 e. The van der Waals surface area contributed by atoms with Crippen molar-refractivity contribution < 1.29 is 19.1 Å². The predicted molar refractivity (Wildman–Crippen MR) is 154 cm³/mol. The highest BCUT2D eigenvalue weighted by molar-refractivity contribution is 6.32. The lowest BCUT2D eigenvalue weighted by atomic mass is 9.95. The van der Waals surface area contributed by atoms with E-state index in [2.05, 4.69) is 42.3 Å². The van der Waals surface area contributed by atoms with E-state index in [9.17, 15) is 9.59 Å². The monoisotopic (exact) mass is 555 g/mol. The van der Waals surface area contributed by atoms with Crippen LogP contribution in [0.1, 0.15) is 54.0 Å². The Morgan fingerprint density at radius 2 is 1.67 bits per heavy atom. The molecule has 0 bridgehead atoms. The summed E-state index contributed by atoms with van der Waals surface area (Å²) in [7, 11) is 0. The van der Waals surface area contributed by atoms with Crippen LogP contribution in [0.15, 0.2) is 30.3 Å². The molecule has 39 heavy (non-hydrogen) atoms.